The maximum Gasteiger partial charge on any atom is 0.0651 e. The van der Waals surface area contributed by atoms with Crippen molar-refractivity contribution >= 4 is 0 Å². The second kappa shape index (κ2) is 5.71. The highest BCUT2D eigenvalue weighted by molar-refractivity contribution is 5.29. The Hall–Kier alpha value is -1.08. The summed E-state index contributed by atoms with van der Waals surface area (Å²) in [5, 5.41) is 9.98. The molecule has 0 amide bonds. The van der Waals surface area contributed by atoms with Crippen molar-refractivity contribution in [1.82, 2.24) is 0 Å². The molecule has 1 rings (SSSR count). The SMILES string of the molecule is CC[C@@](C)(/C=C/[C@@H](C)C(C)(C)O)c1ccccc1. The molecule has 0 unspecified atom stereocenters. The summed E-state index contributed by atoms with van der Waals surface area (Å²) >= 11 is 0. The quantitative estimate of drug-likeness (QED) is 0.767. The number of hydrogen-bond donors (Lipinski definition) is 1. The van der Waals surface area contributed by atoms with E-state index >= 15 is 0 Å². The lowest BCUT2D eigenvalue weighted by atomic mass is 9.78. The minimum Gasteiger partial charge on any atom is -0.390 e. The van der Waals surface area contributed by atoms with E-state index in [0.717, 1.165) is 6.42 Å². The van der Waals surface area contributed by atoms with Gasteiger partial charge in [0.05, 0.1) is 5.60 Å². The maximum atomic E-state index is 9.98. The van der Waals surface area contributed by atoms with Crippen LogP contribution in [0, 0.1) is 5.92 Å². The van der Waals surface area contributed by atoms with Gasteiger partial charge < -0.3 is 5.11 Å². The summed E-state index contributed by atoms with van der Waals surface area (Å²) in [4.78, 5) is 0. The molecule has 1 N–H and O–H groups in total. The van der Waals surface area contributed by atoms with Crippen molar-refractivity contribution in [3.63, 3.8) is 0 Å². The molecule has 1 aromatic rings. The molecule has 0 radical (unpaired) electrons. The van der Waals surface area contributed by atoms with E-state index in [2.05, 4.69) is 57.2 Å². The Morgan fingerprint density at radius 3 is 2.17 bits per heavy atom. The molecule has 1 nitrogen and oxygen atoms in total. The van der Waals surface area contributed by atoms with E-state index in [1.807, 2.05) is 19.9 Å². The van der Waals surface area contributed by atoms with Crippen LogP contribution < -0.4 is 0 Å². The molecule has 0 aliphatic heterocycles. The largest absolute Gasteiger partial charge is 0.390 e. The summed E-state index contributed by atoms with van der Waals surface area (Å²) in [6, 6.07) is 10.5. The average molecular weight is 246 g/mol. The van der Waals surface area contributed by atoms with Crippen molar-refractivity contribution in [2.75, 3.05) is 0 Å². The molecular weight excluding hydrogens is 220 g/mol. The van der Waals surface area contributed by atoms with Gasteiger partial charge in [0, 0.05) is 11.3 Å². The Labute approximate surface area is 112 Å². The van der Waals surface area contributed by atoms with E-state index in [0.29, 0.717) is 0 Å². The highest BCUT2D eigenvalue weighted by atomic mass is 16.3. The van der Waals surface area contributed by atoms with Crippen LogP contribution in [0.5, 0.6) is 0 Å². The fourth-order valence-electron chi connectivity index (χ4n) is 1.83. The van der Waals surface area contributed by atoms with Gasteiger partial charge >= 0.3 is 0 Å². The number of rotatable bonds is 5. The van der Waals surface area contributed by atoms with E-state index in [-0.39, 0.29) is 11.3 Å². The Kier molecular flexibility index (Phi) is 4.75. The Balaban J connectivity index is 2.94. The predicted molar refractivity (Wildman–Crippen MR) is 78.7 cm³/mol. The minimum atomic E-state index is -0.665. The van der Waals surface area contributed by atoms with Gasteiger partial charge in [-0.15, -0.1) is 0 Å². The number of hydrogen-bond acceptors (Lipinski definition) is 1. The van der Waals surface area contributed by atoms with E-state index in [4.69, 9.17) is 0 Å². The monoisotopic (exact) mass is 246 g/mol. The first-order valence-electron chi connectivity index (χ1n) is 6.77. The van der Waals surface area contributed by atoms with Crippen LogP contribution in [0.25, 0.3) is 0 Å². The first kappa shape index (κ1) is 15.0. The van der Waals surface area contributed by atoms with Gasteiger partial charge in [-0.25, -0.2) is 0 Å². The van der Waals surface area contributed by atoms with Gasteiger partial charge in [-0.2, -0.15) is 0 Å². The van der Waals surface area contributed by atoms with E-state index < -0.39 is 5.60 Å². The molecule has 0 aliphatic carbocycles. The van der Waals surface area contributed by atoms with Gasteiger partial charge in [-0.3, -0.25) is 0 Å². The molecule has 0 saturated heterocycles. The number of benzene rings is 1. The molecule has 2 atom stereocenters. The fraction of sp³-hybridized carbons (Fsp3) is 0.529. The highest BCUT2D eigenvalue weighted by Gasteiger charge is 2.24. The molecule has 0 fully saturated rings. The Morgan fingerprint density at radius 2 is 1.72 bits per heavy atom. The van der Waals surface area contributed by atoms with Crippen molar-refractivity contribution < 1.29 is 5.11 Å². The smallest absolute Gasteiger partial charge is 0.0651 e. The average Bonchev–Trinajstić information content (AvgIpc) is 2.35. The third kappa shape index (κ3) is 3.71. The molecule has 0 saturated carbocycles. The molecule has 0 heterocycles. The highest BCUT2D eigenvalue weighted by Crippen LogP contribution is 2.30. The molecule has 1 heteroatoms. The number of allylic oxidation sites excluding steroid dienone is 1. The molecule has 18 heavy (non-hydrogen) atoms. The normalized spacial score (nSPS) is 17.7. The van der Waals surface area contributed by atoms with Gasteiger partial charge in [0.2, 0.25) is 0 Å². The van der Waals surface area contributed by atoms with E-state index in [9.17, 15) is 5.11 Å². The Bertz CT molecular complexity index is 386. The summed E-state index contributed by atoms with van der Waals surface area (Å²) in [6.45, 7) is 10.2. The molecule has 100 valence electrons. The van der Waals surface area contributed by atoms with Crippen molar-refractivity contribution in [1.29, 1.82) is 0 Å². The first-order valence-corrected chi connectivity index (χ1v) is 6.77. The van der Waals surface area contributed by atoms with Crippen molar-refractivity contribution in [3.05, 3.63) is 48.0 Å². The first-order chi connectivity index (χ1) is 8.29. The predicted octanol–water partition coefficient (Wildman–Crippen LogP) is 4.32. The van der Waals surface area contributed by atoms with Gasteiger partial charge in [-0.1, -0.05) is 63.3 Å². The van der Waals surface area contributed by atoms with Crippen LogP contribution >= 0.6 is 0 Å². The summed E-state index contributed by atoms with van der Waals surface area (Å²) in [7, 11) is 0. The summed E-state index contributed by atoms with van der Waals surface area (Å²) < 4.78 is 0. The molecule has 1 aromatic carbocycles. The van der Waals surface area contributed by atoms with Gasteiger partial charge in [0.15, 0.2) is 0 Å². The maximum absolute atomic E-state index is 9.98. The van der Waals surface area contributed by atoms with Crippen LogP contribution in [0.4, 0.5) is 0 Å². The van der Waals surface area contributed by atoms with Crippen LogP contribution in [0.15, 0.2) is 42.5 Å². The van der Waals surface area contributed by atoms with E-state index in [1.54, 1.807) is 0 Å². The van der Waals surface area contributed by atoms with Crippen LogP contribution in [0.1, 0.15) is 46.6 Å². The van der Waals surface area contributed by atoms with Gasteiger partial charge in [0.1, 0.15) is 0 Å². The van der Waals surface area contributed by atoms with Crippen molar-refractivity contribution in [3.8, 4) is 0 Å². The zero-order chi connectivity index (χ0) is 13.8. The van der Waals surface area contributed by atoms with Crippen LogP contribution in [0.3, 0.4) is 0 Å². The van der Waals surface area contributed by atoms with Crippen molar-refractivity contribution in [2.24, 2.45) is 5.92 Å². The van der Waals surface area contributed by atoms with Crippen LogP contribution in [-0.2, 0) is 5.41 Å². The summed E-state index contributed by atoms with van der Waals surface area (Å²) in [5.41, 5.74) is 0.703. The standard InChI is InChI=1S/C17H26O/c1-6-17(5,15-10-8-7-9-11-15)13-12-14(2)16(3,4)18/h7-14,18H,6H2,1-5H3/b13-12+/t14-,17+/m1/s1. The van der Waals surface area contributed by atoms with Crippen LogP contribution in [0.2, 0.25) is 0 Å². The summed E-state index contributed by atoms with van der Waals surface area (Å²) in [5.74, 6) is 0.145. The molecule has 0 spiro atoms. The van der Waals surface area contributed by atoms with Gasteiger partial charge in [-0.05, 0) is 25.8 Å². The Morgan fingerprint density at radius 1 is 1.17 bits per heavy atom. The fourth-order valence-corrected chi connectivity index (χ4v) is 1.83. The molecule has 0 bridgehead atoms. The lowest BCUT2D eigenvalue weighted by Gasteiger charge is -2.28. The zero-order valence-electron chi connectivity index (χ0n) is 12.3. The zero-order valence-corrected chi connectivity index (χ0v) is 12.3. The minimum absolute atomic E-state index is 0.0424. The topological polar surface area (TPSA) is 20.2 Å². The summed E-state index contributed by atoms with van der Waals surface area (Å²) in [6.07, 6.45) is 5.42. The lowest BCUT2D eigenvalue weighted by Crippen LogP contribution is -2.28. The third-order valence-corrected chi connectivity index (χ3v) is 4.03. The second-order valence-corrected chi connectivity index (χ2v) is 5.94. The number of aliphatic hydroxyl groups is 1. The second-order valence-electron chi connectivity index (χ2n) is 5.94. The third-order valence-electron chi connectivity index (χ3n) is 4.03. The van der Waals surface area contributed by atoms with E-state index in [1.165, 1.54) is 5.56 Å². The van der Waals surface area contributed by atoms with Gasteiger partial charge in [0.25, 0.3) is 0 Å². The molecule has 0 aromatic heterocycles. The van der Waals surface area contributed by atoms with Crippen molar-refractivity contribution in [2.45, 2.75) is 52.1 Å². The van der Waals surface area contributed by atoms with Crippen LogP contribution in [-0.4, -0.2) is 10.7 Å². The molecular formula is C17H26O. The lowest BCUT2D eigenvalue weighted by molar-refractivity contribution is 0.0438. The molecule has 0 aliphatic rings.